The lowest BCUT2D eigenvalue weighted by Crippen LogP contribution is -2.27. The molecular weight excluding hydrogens is 220 g/mol. The van der Waals surface area contributed by atoms with E-state index in [0.29, 0.717) is 5.41 Å². The van der Waals surface area contributed by atoms with Gasteiger partial charge in [0.05, 0.1) is 5.52 Å². The maximum Gasteiger partial charge on any atom is 0.0513 e. The number of hydrogen-bond donors (Lipinski definition) is 0. The van der Waals surface area contributed by atoms with Crippen molar-refractivity contribution in [1.82, 2.24) is 9.55 Å². The third kappa shape index (κ3) is 1.66. The first-order valence-corrected chi connectivity index (χ1v) is 6.88. The highest BCUT2D eigenvalue weighted by Gasteiger charge is 2.31. The number of fused-ring (bicyclic) bond motifs is 3. The van der Waals surface area contributed by atoms with E-state index >= 15 is 0 Å². The molecule has 0 saturated carbocycles. The van der Waals surface area contributed by atoms with Crippen molar-refractivity contribution >= 4 is 10.9 Å². The van der Waals surface area contributed by atoms with Gasteiger partial charge in [0.1, 0.15) is 0 Å². The average molecular weight is 242 g/mol. The maximum absolute atomic E-state index is 4.31. The second-order valence-corrected chi connectivity index (χ2v) is 6.68. The summed E-state index contributed by atoms with van der Waals surface area (Å²) in [6.07, 6.45) is 7.67. The SMILES string of the molecule is Cn1c2c(c3cnccc31)CC(C(C)(C)C)CC2. The number of pyridine rings is 1. The number of aromatic nitrogens is 2. The molecule has 18 heavy (non-hydrogen) atoms. The summed E-state index contributed by atoms with van der Waals surface area (Å²) in [6, 6.07) is 2.14. The summed E-state index contributed by atoms with van der Waals surface area (Å²) in [5, 5.41) is 1.36. The zero-order chi connectivity index (χ0) is 12.9. The fraction of sp³-hybridized carbons (Fsp3) is 0.562. The first-order valence-electron chi connectivity index (χ1n) is 6.88. The molecule has 0 radical (unpaired) electrons. The molecule has 0 bridgehead atoms. The van der Waals surface area contributed by atoms with Crippen LogP contribution in [-0.2, 0) is 19.9 Å². The van der Waals surface area contributed by atoms with Crippen LogP contribution in [0.25, 0.3) is 10.9 Å². The summed E-state index contributed by atoms with van der Waals surface area (Å²) < 4.78 is 2.37. The molecule has 0 amide bonds. The van der Waals surface area contributed by atoms with Crippen LogP contribution in [-0.4, -0.2) is 9.55 Å². The molecule has 1 aliphatic rings. The molecule has 2 heteroatoms. The van der Waals surface area contributed by atoms with Gasteiger partial charge < -0.3 is 4.57 Å². The predicted molar refractivity (Wildman–Crippen MR) is 75.7 cm³/mol. The van der Waals surface area contributed by atoms with Crippen LogP contribution in [0.4, 0.5) is 0 Å². The van der Waals surface area contributed by atoms with Crippen LogP contribution in [0.3, 0.4) is 0 Å². The summed E-state index contributed by atoms with van der Waals surface area (Å²) in [5.74, 6) is 0.788. The van der Waals surface area contributed by atoms with Gasteiger partial charge in [-0.3, -0.25) is 4.98 Å². The first kappa shape index (κ1) is 11.8. The minimum absolute atomic E-state index is 0.405. The Bertz CT molecular complexity index is 587. The lowest BCUT2D eigenvalue weighted by atomic mass is 9.71. The van der Waals surface area contributed by atoms with Crippen LogP contribution in [0.5, 0.6) is 0 Å². The van der Waals surface area contributed by atoms with Crippen molar-refractivity contribution in [3.63, 3.8) is 0 Å². The highest BCUT2D eigenvalue weighted by Crippen LogP contribution is 2.40. The lowest BCUT2D eigenvalue weighted by molar-refractivity contribution is 0.215. The number of hydrogen-bond acceptors (Lipinski definition) is 1. The molecule has 0 fully saturated rings. The summed E-state index contributed by atoms with van der Waals surface area (Å²) in [7, 11) is 2.19. The van der Waals surface area contributed by atoms with E-state index in [1.807, 2.05) is 12.4 Å². The van der Waals surface area contributed by atoms with Crippen LogP contribution in [0.15, 0.2) is 18.5 Å². The second kappa shape index (κ2) is 3.84. The molecule has 0 N–H and O–H groups in total. The molecule has 0 saturated heterocycles. The fourth-order valence-corrected chi connectivity index (χ4v) is 3.36. The Hall–Kier alpha value is -1.31. The topological polar surface area (TPSA) is 17.8 Å². The standard InChI is InChI=1S/C16H22N2/c1-16(2,3)11-5-6-14-12(9-11)13-10-17-8-7-15(13)18(14)4/h7-8,10-11H,5-6,9H2,1-4H3. The van der Waals surface area contributed by atoms with Crippen molar-refractivity contribution in [2.45, 2.75) is 40.0 Å². The molecule has 2 aromatic rings. The van der Waals surface area contributed by atoms with Gasteiger partial charge >= 0.3 is 0 Å². The highest BCUT2D eigenvalue weighted by molar-refractivity contribution is 5.84. The minimum Gasteiger partial charge on any atom is -0.347 e. The zero-order valence-electron chi connectivity index (χ0n) is 11.8. The quantitative estimate of drug-likeness (QED) is 0.688. The van der Waals surface area contributed by atoms with Gasteiger partial charge in [-0.2, -0.15) is 0 Å². The molecule has 3 rings (SSSR count). The van der Waals surface area contributed by atoms with E-state index in [0.717, 1.165) is 5.92 Å². The molecule has 2 heterocycles. The van der Waals surface area contributed by atoms with E-state index in [2.05, 4.69) is 43.4 Å². The van der Waals surface area contributed by atoms with Gasteiger partial charge in [0.15, 0.2) is 0 Å². The van der Waals surface area contributed by atoms with Crippen molar-refractivity contribution in [2.24, 2.45) is 18.4 Å². The molecule has 0 aliphatic heterocycles. The van der Waals surface area contributed by atoms with Crippen molar-refractivity contribution in [3.05, 3.63) is 29.7 Å². The zero-order valence-corrected chi connectivity index (χ0v) is 11.8. The average Bonchev–Trinajstić information content (AvgIpc) is 2.63. The molecule has 1 atom stereocenters. The molecular formula is C16H22N2. The third-order valence-corrected chi connectivity index (χ3v) is 4.64. The van der Waals surface area contributed by atoms with Crippen molar-refractivity contribution in [2.75, 3.05) is 0 Å². The number of rotatable bonds is 0. The van der Waals surface area contributed by atoms with Gasteiger partial charge in [0.25, 0.3) is 0 Å². The summed E-state index contributed by atoms with van der Waals surface area (Å²) in [5.41, 5.74) is 4.82. The van der Waals surface area contributed by atoms with Crippen molar-refractivity contribution in [1.29, 1.82) is 0 Å². The molecule has 2 aromatic heterocycles. The largest absolute Gasteiger partial charge is 0.347 e. The van der Waals surface area contributed by atoms with E-state index in [9.17, 15) is 0 Å². The maximum atomic E-state index is 4.31. The van der Waals surface area contributed by atoms with Gasteiger partial charge in [-0.1, -0.05) is 20.8 Å². The van der Waals surface area contributed by atoms with Gasteiger partial charge in [-0.15, -0.1) is 0 Å². The Kier molecular flexibility index (Phi) is 2.51. The molecule has 0 aromatic carbocycles. The molecule has 1 aliphatic carbocycles. The van der Waals surface area contributed by atoms with E-state index < -0.39 is 0 Å². The fourth-order valence-electron chi connectivity index (χ4n) is 3.36. The van der Waals surface area contributed by atoms with E-state index in [4.69, 9.17) is 0 Å². The van der Waals surface area contributed by atoms with Gasteiger partial charge in [-0.25, -0.2) is 0 Å². The smallest absolute Gasteiger partial charge is 0.0513 e. The first-order chi connectivity index (χ1) is 8.48. The Morgan fingerprint density at radius 3 is 2.83 bits per heavy atom. The monoisotopic (exact) mass is 242 g/mol. The van der Waals surface area contributed by atoms with E-state index in [1.165, 1.54) is 35.9 Å². The predicted octanol–water partition coefficient (Wildman–Crippen LogP) is 3.72. The normalized spacial score (nSPS) is 20.1. The number of nitrogens with zero attached hydrogens (tertiary/aromatic N) is 2. The molecule has 96 valence electrons. The highest BCUT2D eigenvalue weighted by atomic mass is 15.0. The van der Waals surface area contributed by atoms with E-state index in [1.54, 1.807) is 5.56 Å². The van der Waals surface area contributed by atoms with Crippen LogP contribution in [0, 0.1) is 11.3 Å². The van der Waals surface area contributed by atoms with Crippen LogP contribution < -0.4 is 0 Å². The van der Waals surface area contributed by atoms with Gasteiger partial charge in [0, 0.05) is 30.5 Å². The van der Waals surface area contributed by atoms with Crippen LogP contribution in [0.1, 0.15) is 38.4 Å². The molecule has 2 nitrogen and oxygen atoms in total. The summed E-state index contributed by atoms with van der Waals surface area (Å²) >= 11 is 0. The van der Waals surface area contributed by atoms with Gasteiger partial charge in [-0.05, 0) is 42.2 Å². The van der Waals surface area contributed by atoms with Crippen LogP contribution >= 0.6 is 0 Å². The third-order valence-electron chi connectivity index (χ3n) is 4.64. The summed E-state index contributed by atoms with van der Waals surface area (Å²) in [6.45, 7) is 7.10. The molecule has 0 spiro atoms. The van der Waals surface area contributed by atoms with E-state index in [-0.39, 0.29) is 0 Å². The van der Waals surface area contributed by atoms with Crippen LogP contribution in [0.2, 0.25) is 0 Å². The Labute approximate surface area is 109 Å². The Morgan fingerprint density at radius 1 is 1.33 bits per heavy atom. The number of aryl methyl sites for hydroxylation is 1. The van der Waals surface area contributed by atoms with Crippen molar-refractivity contribution < 1.29 is 0 Å². The summed E-state index contributed by atoms with van der Waals surface area (Å²) in [4.78, 5) is 4.31. The van der Waals surface area contributed by atoms with Crippen molar-refractivity contribution in [3.8, 4) is 0 Å². The second-order valence-electron chi connectivity index (χ2n) is 6.68. The molecule has 1 unspecified atom stereocenters. The Morgan fingerprint density at radius 2 is 2.11 bits per heavy atom. The van der Waals surface area contributed by atoms with Gasteiger partial charge in [0.2, 0.25) is 0 Å². The minimum atomic E-state index is 0.405. The Balaban J connectivity index is 2.13. The lowest BCUT2D eigenvalue weighted by Gasteiger charge is -2.34.